The monoisotopic (exact) mass is 240 g/mol. The summed E-state index contributed by atoms with van der Waals surface area (Å²) in [5.74, 6) is 0.942. The van der Waals surface area contributed by atoms with E-state index in [-0.39, 0.29) is 0 Å². The van der Waals surface area contributed by atoms with Crippen molar-refractivity contribution in [1.82, 2.24) is 0 Å². The van der Waals surface area contributed by atoms with Gasteiger partial charge in [-0.15, -0.1) is 0 Å². The van der Waals surface area contributed by atoms with Crippen molar-refractivity contribution in [3.8, 4) is 5.75 Å². The minimum atomic E-state index is 0.942. The van der Waals surface area contributed by atoms with E-state index in [2.05, 4.69) is 28.6 Å². The quantitative estimate of drug-likeness (QED) is 0.735. The van der Waals surface area contributed by atoms with Gasteiger partial charge < -0.3 is 4.74 Å². The van der Waals surface area contributed by atoms with Crippen LogP contribution in [0.25, 0.3) is 6.08 Å². The van der Waals surface area contributed by atoms with Crippen LogP contribution in [0.5, 0.6) is 5.75 Å². The van der Waals surface area contributed by atoms with E-state index >= 15 is 0 Å². The summed E-state index contributed by atoms with van der Waals surface area (Å²) >= 11 is 3.41. The topological polar surface area (TPSA) is 9.23 Å². The SMILES string of the molecule is C=Cc1ccc(CCBr)c(OC)c1. The number of ether oxygens (including phenoxy) is 1. The molecule has 0 heterocycles. The summed E-state index contributed by atoms with van der Waals surface area (Å²) in [5.41, 5.74) is 2.32. The number of alkyl halides is 1. The van der Waals surface area contributed by atoms with Crippen LogP contribution in [0.2, 0.25) is 0 Å². The summed E-state index contributed by atoms with van der Waals surface area (Å²) in [6.45, 7) is 3.72. The fraction of sp³-hybridized carbons (Fsp3) is 0.273. The highest BCUT2D eigenvalue weighted by atomic mass is 79.9. The van der Waals surface area contributed by atoms with E-state index in [9.17, 15) is 0 Å². The van der Waals surface area contributed by atoms with Crippen LogP contribution < -0.4 is 4.74 Å². The molecule has 1 aromatic rings. The first-order chi connectivity index (χ1) is 6.31. The van der Waals surface area contributed by atoms with Gasteiger partial charge in [-0.3, -0.25) is 0 Å². The second-order valence-corrected chi connectivity index (χ2v) is 3.51. The summed E-state index contributed by atoms with van der Waals surface area (Å²) in [7, 11) is 1.69. The predicted molar refractivity (Wildman–Crippen MR) is 60.6 cm³/mol. The molecule has 0 amide bonds. The maximum atomic E-state index is 5.27. The first-order valence-corrected chi connectivity index (χ1v) is 5.29. The number of aryl methyl sites for hydroxylation is 1. The molecule has 0 spiro atoms. The van der Waals surface area contributed by atoms with E-state index < -0.39 is 0 Å². The van der Waals surface area contributed by atoms with Crippen molar-refractivity contribution in [2.24, 2.45) is 0 Å². The van der Waals surface area contributed by atoms with Crippen LogP contribution in [-0.2, 0) is 6.42 Å². The first-order valence-electron chi connectivity index (χ1n) is 4.17. The average Bonchev–Trinajstić information content (AvgIpc) is 2.19. The highest BCUT2D eigenvalue weighted by Gasteiger charge is 2.01. The lowest BCUT2D eigenvalue weighted by molar-refractivity contribution is 0.410. The van der Waals surface area contributed by atoms with Crippen LogP contribution in [0.3, 0.4) is 0 Å². The molecule has 0 N–H and O–H groups in total. The number of benzene rings is 1. The minimum Gasteiger partial charge on any atom is -0.496 e. The van der Waals surface area contributed by atoms with Crippen molar-refractivity contribution in [3.05, 3.63) is 35.9 Å². The molecule has 0 aliphatic carbocycles. The van der Waals surface area contributed by atoms with Gasteiger partial charge in [0.2, 0.25) is 0 Å². The van der Waals surface area contributed by atoms with E-state index in [1.165, 1.54) is 5.56 Å². The Labute approximate surface area is 87.5 Å². The van der Waals surface area contributed by atoms with Gasteiger partial charge in [0, 0.05) is 5.33 Å². The molecule has 0 saturated carbocycles. The Kier molecular flexibility index (Phi) is 4.03. The number of hydrogen-bond donors (Lipinski definition) is 0. The van der Waals surface area contributed by atoms with E-state index in [4.69, 9.17) is 4.74 Å². The van der Waals surface area contributed by atoms with Crippen LogP contribution in [0, 0.1) is 0 Å². The van der Waals surface area contributed by atoms with Crippen molar-refractivity contribution >= 4 is 22.0 Å². The Morgan fingerprint density at radius 2 is 2.31 bits per heavy atom. The summed E-state index contributed by atoms with van der Waals surface area (Å²) in [6.07, 6.45) is 2.81. The highest BCUT2D eigenvalue weighted by Crippen LogP contribution is 2.21. The zero-order valence-corrected chi connectivity index (χ0v) is 9.30. The van der Waals surface area contributed by atoms with Crippen LogP contribution in [0.15, 0.2) is 24.8 Å². The number of rotatable bonds is 4. The molecule has 0 aliphatic heterocycles. The Morgan fingerprint density at radius 3 is 2.85 bits per heavy atom. The fourth-order valence-electron chi connectivity index (χ4n) is 1.20. The van der Waals surface area contributed by atoms with Gasteiger partial charge in [-0.25, -0.2) is 0 Å². The zero-order chi connectivity index (χ0) is 9.68. The Hall–Kier alpha value is -0.760. The summed E-state index contributed by atoms with van der Waals surface area (Å²) in [6, 6.07) is 6.13. The molecule has 1 nitrogen and oxygen atoms in total. The maximum Gasteiger partial charge on any atom is 0.122 e. The lowest BCUT2D eigenvalue weighted by atomic mass is 10.1. The van der Waals surface area contributed by atoms with Crippen molar-refractivity contribution in [2.45, 2.75) is 6.42 Å². The van der Waals surface area contributed by atoms with Crippen molar-refractivity contribution in [1.29, 1.82) is 0 Å². The van der Waals surface area contributed by atoms with E-state index in [1.54, 1.807) is 7.11 Å². The van der Waals surface area contributed by atoms with Gasteiger partial charge >= 0.3 is 0 Å². The van der Waals surface area contributed by atoms with Crippen LogP contribution >= 0.6 is 15.9 Å². The molecule has 1 aromatic carbocycles. The van der Waals surface area contributed by atoms with Gasteiger partial charge in [0.15, 0.2) is 0 Å². The molecule has 0 radical (unpaired) electrons. The molecule has 0 unspecified atom stereocenters. The molecule has 1 rings (SSSR count). The van der Waals surface area contributed by atoms with Crippen LogP contribution in [0.1, 0.15) is 11.1 Å². The zero-order valence-electron chi connectivity index (χ0n) is 7.72. The first kappa shape index (κ1) is 10.3. The second-order valence-electron chi connectivity index (χ2n) is 2.71. The van der Waals surface area contributed by atoms with E-state index in [0.29, 0.717) is 0 Å². The van der Waals surface area contributed by atoms with Crippen molar-refractivity contribution in [2.75, 3.05) is 12.4 Å². The van der Waals surface area contributed by atoms with Crippen molar-refractivity contribution < 1.29 is 4.74 Å². The molecule has 13 heavy (non-hydrogen) atoms. The van der Waals surface area contributed by atoms with Crippen molar-refractivity contribution in [3.63, 3.8) is 0 Å². The second kappa shape index (κ2) is 5.07. The van der Waals surface area contributed by atoms with Gasteiger partial charge in [0.1, 0.15) is 5.75 Å². The maximum absolute atomic E-state index is 5.27. The normalized spacial score (nSPS) is 9.69. The van der Waals surface area contributed by atoms with E-state index in [0.717, 1.165) is 23.1 Å². The third-order valence-corrected chi connectivity index (χ3v) is 2.31. The molecular formula is C11H13BrO. The fourth-order valence-corrected chi connectivity index (χ4v) is 1.62. The Balaban J connectivity index is 3.00. The Morgan fingerprint density at radius 1 is 1.54 bits per heavy atom. The molecule has 0 fully saturated rings. The third kappa shape index (κ3) is 2.59. The number of halogens is 1. The molecule has 70 valence electrons. The molecule has 0 bridgehead atoms. The molecule has 0 saturated heterocycles. The van der Waals surface area contributed by atoms with Gasteiger partial charge in [-0.2, -0.15) is 0 Å². The van der Waals surface area contributed by atoms with Gasteiger partial charge in [-0.05, 0) is 23.6 Å². The molecular weight excluding hydrogens is 228 g/mol. The summed E-state index contributed by atoms with van der Waals surface area (Å²) in [5, 5.41) is 0.955. The molecule has 0 atom stereocenters. The third-order valence-electron chi connectivity index (χ3n) is 1.91. The molecule has 0 aliphatic rings. The predicted octanol–water partition coefficient (Wildman–Crippen LogP) is 3.28. The molecule has 2 heteroatoms. The van der Waals surface area contributed by atoms with Crippen LogP contribution in [-0.4, -0.2) is 12.4 Å². The average molecular weight is 241 g/mol. The lowest BCUT2D eigenvalue weighted by Crippen LogP contribution is -1.93. The summed E-state index contributed by atoms with van der Waals surface area (Å²) < 4.78 is 5.27. The lowest BCUT2D eigenvalue weighted by Gasteiger charge is -2.07. The number of hydrogen-bond acceptors (Lipinski definition) is 1. The van der Waals surface area contributed by atoms with Crippen LogP contribution in [0.4, 0.5) is 0 Å². The standard InChI is InChI=1S/C11H13BrO/c1-3-9-4-5-10(6-7-12)11(8-9)13-2/h3-5,8H,1,6-7H2,2H3. The van der Waals surface area contributed by atoms with Gasteiger partial charge in [0.25, 0.3) is 0 Å². The molecule has 0 aromatic heterocycles. The van der Waals surface area contributed by atoms with Gasteiger partial charge in [-0.1, -0.05) is 40.7 Å². The van der Waals surface area contributed by atoms with E-state index in [1.807, 2.05) is 18.2 Å². The minimum absolute atomic E-state index is 0.942. The largest absolute Gasteiger partial charge is 0.496 e. The summed E-state index contributed by atoms with van der Waals surface area (Å²) in [4.78, 5) is 0. The smallest absolute Gasteiger partial charge is 0.122 e. The highest BCUT2D eigenvalue weighted by molar-refractivity contribution is 9.09. The number of methoxy groups -OCH3 is 1. The Bertz CT molecular complexity index is 294. The van der Waals surface area contributed by atoms with Gasteiger partial charge in [0.05, 0.1) is 7.11 Å².